The van der Waals surface area contributed by atoms with Crippen LogP contribution in [0.25, 0.3) is 33.3 Å². The molecule has 0 spiro atoms. The van der Waals surface area contributed by atoms with Crippen molar-refractivity contribution in [3.63, 3.8) is 0 Å². The molecular weight excluding hydrogens is 779 g/mol. The first-order chi connectivity index (χ1) is 29.8. The highest BCUT2D eigenvalue weighted by Crippen LogP contribution is 2.35. The molecule has 2 aromatic heterocycles. The van der Waals surface area contributed by atoms with Gasteiger partial charge < -0.3 is 39.6 Å². The van der Waals surface area contributed by atoms with Gasteiger partial charge in [-0.3, -0.25) is 24.8 Å². The Morgan fingerprint density at radius 2 is 1.44 bits per heavy atom. The number of likely N-dealkylation sites (tertiary alicyclic amines) is 2. The summed E-state index contributed by atoms with van der Waals surface area (Å²) < 4.78 is 15.6. The lowest BCUT2D eigenvalue weighted by atomic mass is 10.0. The van der Waals surface area contributed by atoms with Crippen LogP contribution in [0, 0.1) is 0 Å². The molecule has 3 aliphatic heterocycles. The van der Waals surface area contributed by atoms with Crippen molar-refractivity contribution >= 4 is 40.5 Å². The van der Waals surface area contributed by atoms with Crippen molar-refractivity contribution in [2.75, 3.05) is 32.3 Å². The second-order valence-corrected chi connectivity index (χ2v) is 15.2. The van der Waals surface area contributed by atoms with Crippen LogP contribution >= 0.6 is 0 Å². The van der Waals surface area contributed by atoms with E-state index in [1.807, 2.05) is 83.8 Å². The summed E-state index contributed by atoms with van der Waals surface area (Å²) in [6.45, 7) is 1.17. The van der Waals surface area contributed by atoms with Crippen LogP contribution < -0.4 is 16.0 Å². The van der Waals surface area contributed by atoms with Gasteiger partial charge in [0, 0.05) is 18.5 Å². The van der Waals surface area contributed by atoms with Gasteiger partial charge in [0.05, 0.1) is 30.6 Å². The van der Waals surface area contributed by atoms with Crippen molar-refractivity contribution in [3.8, 4) is 22.4 Å². The smallest absolute Gasteiger partial charge is 0.407 e. The van der Waals surface area contributed by atoms with E-state index in [-0.39, 0.29) is 24.6 Å². The van der Waals surface area contributed by atoms with E-state index >= 15 is 0 Å². The number of ether oxygens (including phenoxy) is 3. The maximum Gasteiger partial charge on any atom is 0.407 e. The van der Waals surface area contributed by atoms with Gasteiger partial charge in [-0.05, 0) is 65.6 Å². The number of aromatic amines is 2. The number of H-pyrrole nitrogens is 2. The zero-order chi connectivity index (χ0) is 41.9. The van der Waals surface area contributed by atoms with Gasteiger partial charge in [-0.1, -0.05) is 91.0 Å². The average Bonchev–Trinajstić information content (AvgIpc) is 4.13. The molecule has 4 aromatic carbocycles. The van der Waals surface area contributed by atoms with E-state index in [4.69, 9.17) is 19.2 Å². The van der Waals surface area contributed by atoms with Crippen LogP contribution in [0.3, 0.4) is 0 Å². The molecule has 0 bridgehead atoms. The van der Waals surface area contributed by atoms with Crippen molar-refractivity contribution in [3.05, 3.63) is 126 Å². The van der Waals surface area contributed by atoms with Gasteiger partial charge in [0.25, 0.3) is 5.91 Å². The number of benzene rings is 4. The number of anilines is 1. The van der Waals surface area contributed by atoms with Crippen molar-refractivity contribution < 1.29 is 33.4 Å². The fourth-order valence-corrected chi connectivity index (χ4v) is 8.37. The first kappa shape index (κ1) is 39.6. The zero-order valence-electron chi connectivity index (χ0n) is 33.4. The van der Waals surface area contributed by atoms with Crippen LogP contribution in [-0.2, 0) is 28.6 Å². The molecule has 5 heterocycles. The fraction of sp³-hybridized carbons (Fsp3) is 0.289. The molecule has 4 amide bonds. The van der Waals surface area contributed by atoms with Gasteiger partial charge in [0.1, 0.15) is 23.9 Å². The predicted octanol–water partition coefficient (Wildman–Crippen LogP) is 5.93. The highest BCUT2D eigenvalue weighted by molar-refractivity contribution is 6.04. The largest absolute Gasteiger partial charge is 0.453 e. The van der Waals surface area contributed by atoms with Crippen molar-refractivity contribution in [2.24, 2.45) is 0 Å². The maximum atomic E-state index is 14.0. The third-order valence-corrected chi connectivity index (χ3v) is 11.6. The number of rotatable bonds is 12. The van der Waals surface area contributed by atoms with E-state index in [9.17, 15) is 19.2 Å². The first-order valence-electron chi connectivity index (χ1n) is 20.3. The van der Waals surface area contributed by atoms with Crippen molar-refractivity contribution in [1.82, 2.24) is 40.6 Å². The summed E-state index contributed by atoms with van der Waals surface area (Å²) in [7, 11) is 1.24. The first-order valence-corrected chi connectivity index (χ1v) is 20.3. The number of carbonyl (C=O) groups is 4. The molecule has 61 heavy (non-hydrogen) atoms. The van der Waals surface area contributed by atoms with Crippen LogP contribution in [-0.4, -0.2) is 93.2 Å². The number of fused-ring (bicyclic) bond motifs is 1. The maximum absolute atomic E-state index is 14.0. The molecule has 0 unspecified atom stereocenters. The highest BCUT2D eigenvalue weighted by Gasteiger charge is 2.40. The van der Waals surface area contributed by atoms with Crippen LogP contribution in [0.15, 0.2) is 109 Å². The van der Waals surface area contributed by atoms with Crippen molar-refractivity contribution in [1.29, 1.82) is 0 Å². The fourth-order valence-electron chi connectivity index (χ4n) is 8.37. The van der Waals surface area contributed by atoms with Gasteiger partial charge in [0.2, 0.25) is 18.2 Å². The Morgan fingerprint density at radius 1 is 0.787 bits per heavy atom. The summed E-state index contributed by atoms with van der Waals surface area (Å²) in [5, 5.41) is 16.9. The summed E-state index contributed by atoms with van der Waals surface area (Å²) in [5.74, 6) is 0.250. The monoisotopic (exact) mass is 823 g/mol. The Bertz CT molecular complexity index is 2520. The van der Waals surface area contributed by atoms with Gasteiger partial charge >= 0.3 is 6.09 Å². The molecule has 16 nitrogen and oxygen atoms in total. The summed E-state index contributed by atoms with van der Waals surface area (Å²) in [5.41, 5.74) is 5.79. The Morgan fingerprint density at radius 3 is 2.15 bits per heavy atom. The van der Waals surface area contributed by atoms with Gasteiger partial charge in [0.15, 0.2) is 12.6 Å². The molecule has 3 saturated heterocycles. The van der Waals surface area contributed by atoms with Crippen LogP contribution in [0.1, 0.15) is 60.8 Å². The summed E-state index contributed by atoms with van der Waals surface area (Å²) in [4.78, 5) is 65.6. The number of methoxy groups -OCH3 is 1. The van der Waals surface area contributed by atoms with E-state index in [1.54, 1.807) is 30.5 Å². The number of aromatic nitrogens is 4. The Kier molecular flexibility index (Phi) is 11.3. The molecule has 3 fully saturated rings. The van der Waals surface area contributed by atoms with E-state index < -0.39 is 36.5 Å². The lowest BCUT2D eigenvalue weighted by molar-refractivity contribution is -0.335. The summed E-state index contributed by atoms with van der Waals surface area (Å²) >= 11 is 0. The molecule has 3 aliphatic rings. The SMILES string of the molecule is COC(=O)N[C@@H](C(=O)N1CCC[C@H]1C(=O)Nc1n[nH]c2ccc(-c3ccc(-c4cnc([C@@H]5CCCN5C(=O)[C@H](NC5OCO5)c5ccccc5)[nH]4)cc3)cc12)c1ccccc1. The molecule has 0 aliphatic carbocycles. The molecule has 5 N–H and O–H groups in total. The Balaban J connectivity index is 0.882. The number of carbonyl (C=O) groups excluding carboxylic acids is 4. The van der Waals surface area contributed by atoms with E-state index in [0.717, 1.165) is 52.1 Å². The molecule has 9 rings (SSSR count). The van der Waals surface area contributed by atoms with E-state index in [2.05, 4.69) is 31.1 Å². The standard InChI is InChI=1S/C45H45N9O7/c1-59-44(58)48-37(29-10-4-2-5-11-29)42(56)54-23-9-15-36(54)41(55)50-39-32-24-31(20-21-33(32)51-52-39)27-16-18-28(19-17-27)34-25-46-40(47-34)35-14-8-22-53(35)43(57)38(49-45-60-26-61-45)30-12-6-3-7-13-30/h2-7,10-13,16-21,24-25,35-38,45,49H,8-9,14-15,22-23,26H2,1H3,(H,46,47)(H,48,58)(H2,50,51,52,55)/t35-,36-,37+,38+/m0/s1. The number of hydrogen-bond donors (Lipinski definition) is 5. The topological polar surface area (TPSA) is 196 Å². The van der Waals surface area contributed by atoms with Crippen LogP contribution in [0.2, 0.25) is 0 Å². The number of imidazole rings is 1. The van der Waals surface area contributed by atoms with Gasteiger partial charge in [-0.25, -0.2) is 9.78 Å². The number of hydrogen-bond acceptors (Lipinski definition) is 10. The molecule has 312 valence electrons. The minimum atomic E-state index is -1.02. The Hall–Kier alpha value is -6.88. The van der Waals surface area contributed by atoms with Crippen LogP contribution in [0.5, 0.6) is 0 Å². The minimum absolute atomic E-state index is 0.0648. The zero-order valence-corrected chi connectivity index (χ0v) is 33.4. The molecule has 6 aromatic rings. The average molecular weight is 824 g/mol. The lowest BCUT2D eigenvalue weighted by Gasteiger charge is -2.34. The molecular formula is C45H45N9O7. The number of amides is 4. The van der Waals surface area contributed by atoms with Gasteiger partial charge in [-0.2, -0.15) is 5.10 Å². The third-order valence-electron chi connectivity index (χ3n) is 11.6. The molecule has 0 saturated carbocycles. The summed E-state index contributed by atoms with van der Waals surface area (Å²) in [6.07, 6.45) is 3.16. The van der Waals surface area contributed by atoms with E-state index in [0.29, 0.717) is 42.7 Å². The predicted molar refractivity (Wildman–Crippen MR) is 224 cm³/mol. The number of nitrogens with zero attached hydrogens (tertiary/aromatic N) is 4. The highest BCUT2D eigenvalue weighted by atomic mass is 16.9. The summed E-state index contributed by atoms with van der Waals surface area (Å²) in [6, 6.07) is 29.8. The van der Waals surface area contributed by atoms with Crippen LogP contribution in [0.4, 0.5) is 10.6 Å². The normalized spacial score (nSPS) is 18.7. The number of nitrogens with one attached hydrogen (secondary N) is 5. The molecule has 16 heteroatoms. The second-order valence-electron chi connectivity index (χ2n) is 15.2. The molecule has 0 radical (unpaired) electrons. The van der Waals surface area contributed by atoms with Crippen molar-refractivity contribution in [2.45, 2.75) is 56.3 Å². The quantitative estimate of drug-likeness (QED) is 0.0988. The minimum Gasteiger partial charge on any atom is -0.453 e. The van der Waals surface area contributed by atoms with Gasteiger partial charge in [-0.15, -0.1) is 0 Å². The van der Waals surface area contributed by atoms with E-state index in [1.165, 1.54) is 12.0 Å². The second kappa shape index (κ2) is 17.4. The lowest BCUT2D eigenvalue weighted by Crippen LogP contribution is -2.50. The Labute approximate surface area is 351 Å². The molecule has 4 atom stereocenters. The third kappa shape index (κ3) is 8.20. The number of alkyl carbamates (subject to hydrolysis) is 1.